The Kier molecular flexibility index (Phi) is 9.26. The molecule has 0 aliphatic rings. The fourth-order valence-electron chi connectivity index (χ4n) is 8.67. The van der Waals surface area contributed by atoms with E-state index in [-0.39, 0.29) is 0 Å². The molecular weight excluding hydrogens is 737 g/mol. The van der Waals surface area contributed by atoms with Crippen molar-refractivity contribution < 1.29 is 4.42 Å². The van der Waals surface area contributed by atoms with Crippen molar-refractivity contribution in [3.63, 3.8) is 0 Å². The zero-order valence-electron chi connectivity index (χ0n) is 33.5. The highest BCUT2D eigenvalue weighted by molar-refractivity contribution is 6.08. The van der Waals surface area contributed by atoms with E-state index in [1.54, 1.807) is 0 Å². The van der Waals surface area contributed by atoms with Gasteiger partial charge in [-0.1, -0.05) is 170 Å². The number of hydrogen-bond donors (Lipinski definition) is 0. The molecule has 0 unspecified atom stereocenters. The quantitative estimate of drug-likeness (QED) is 0.150. The lowest BCUT2D eigenvalue weighted by atomic mass is 9.91. The van der Waals surface area contributed by atoms with Crippen molar-refractivity contribution in [2.75, 3.05) is 0 Å². The lowest BCUT2D eigenvalue weighted by Crippen LogP contribution is -1.87. The molecule has 0 spiro atoms. The highest BCUT2D eigenvalue weighted by atomic mass is 16.3. The van der Waals surface area contributed by atoms with Crippen LogP contribution in [0.3, 0.4) is 0 Å². The van der Waals surface area contributed by atoms with Crippen molar-refractivity contribution in [3.8, 4) is 89.0 Å². The summed E-state index contributed by atoms with van der Waals surface area (Å²) in [6, 6.07) is 87.4. The van der Waals surface area contributed by atoms with Gasteiger partial charge in [0.25, 0.3) is 0 Å². The lowest BCUT2D eigenvalue weighted by Gasteiger charge is -2.12. The van der Waals surface area contributed by atoms with Gasteiger partial charge in [0.15, 0.2) is 0 Å². The van der Waals surface area contributed by atoms with Crippen molar-refractivity contribution in [1.29, 1.82) is 0 Å². The zero-order valence-corrected chi connectivity index (χ0v) is 33.5. The molecule has 0 saturated heterocycles. The van der Waals surface area contributed by atoms with Crippen molar-refractivity contribution in [3.05, 3.63) is 243 Å². The highest BCUT2D eigenvalue weighted by Crippen LogP contribution is 2.39. The SMILES string of the molecule is c1ccc(-c2cc(-c3ccccc3)cc(-c3cccc(-c4ccc5oc6ccc(-c7cccc(-c8cc(-c9ccccc9)cc(-c9ccccc9)c8)c7)cc6c5c4)c3)c2)cc1. The Morgan fingerprint density at radius 3 is 0.705 bits per heavy atom. The van der Waals surface area contributed by atoms with Gasteiger partial charge < -0.3 is 4.42 Å². The van der Waals surface area contributed by atoms with Gasteiger partial charge in [-0.25, -0.2) is 0 Å². The third kappa shape index (κ3) is 7.24. The summed E-state index contributed by atoms with van der Waals surface area (Å²) in [7, 11) is 0. The first-order valence-corrected chi connectivity index (χ1v) is 20.9. The highest BCUT2D eigenvalue weighted by Gasteiger charge is 2.14. The molecule has 1 heteroatoms. The number of fused-ring (bicyclic) bond motifs is 3. The summed E-state index contributed by atoms with van der Waals surface area (Å²) >= 11 is 0. The molecule has 286 valence electrons. The third-order valence-corrected chi connectivity index (χ3v) is 11.8. The zero-order chi connectivity index (χ0) is 40.5. The third-order valence-electron chi connectivity index (χ3n) is 11.8. The van der Waals surface area contributed by atoms with Crippen molar-refractivity contribution >= 4 is 21.9 Å². The molecule has 0 N–H and O–H groups in total. The maximum atomic E-state index is 6.44. The molecule has 11 rings (SSSR count). The van der Waals surface area contributed by atoms with E-state index >= 15 is 0 Å². The van der Waals surface area contributed by atoms with Crippen LogP contribution < -0.4 is 0 Å². The molecular formula is C60H40O. The molecule has 0 fully saturated rings. The van der Waals surface area contributed by atoms with Crippen LogP contribution in [0.4, 0.5) is 0 Å². The molecule has 0 atom stereocenters. The molecule has 0 bridgehead atoms. The molecule has 1 heterocycles. The van der Waals surface area contributed by atoms with E-state index in [9.17, 15) is 0 Å². The first kappa shape index (κ1) is 36.1. The van der Waals surface area contributed by atoms with E-state index in [4.69, 9.17) is 4.42 Å². The van der Waals surface area contributed by atoms with Crippen LogP contribution in [0.5, 0.6) is 0 Å². The maximum Gasteiger partial charge on any atom is 0.135 e. The van der Waals surface area contributed by atoms with Crippen LogP contribution in [0.15, 0.2) is 247 Å². The van der Waals surface area contributed by atoms with Crippen molar-refractivity contribution in [2.24, 2.45) is 0 Å². The Balaban J connectivity index is 0.962. The fourth-order valence-corrected chi connectivity index (χ4v) is 8.67. The molecule has 0 amide bonds. The molecule has 10 aromatic carbocycles. The maximum absolute atomic E-state index is 6.44. The summed E-state index contributed by atoms with van der Waals surface area (Å²) in [6.07, 6.45) is 0. The summed E-state index contributed by atoms with van der Waals surface area (Å²) in [5, 5.41) is 2.22. The Morgan fingerprint density at radius 2 is 0.393 bits per heavy atom. The van der Waals surface area contributed by atoms with Crippen LogP contribution in [-0.2, 0) is 0 Å². The molecule has 11 aromatic rings. The number of hydrogen-bond acceptors (Lipinski definition) is 1. The van der Waals surface area contributed by atoms with E-state index in [1.807, 2.05) is 0 Å². The van der Waals surface area contributed by atoms with E-state index in [2.05, 4.69) is 243 Å². The minimum absolute atomic E-state index is 0.884. The standard InChI is InChI=1S/C60H40O/c1-5-15-41(16-6-1)51-33-52(42-17-7-2-8-18-42)36-55(35-51)47-25-13-23-45(31-47)49-27-29-59-57(39-49)58-40-50(28-30-60(58)61-59)46-24-14-26-48(32-46)56-37-53(43-19-9-3-10-20-43)34-54(38-56)44-21-11-4-12-22-44/h1-40H. The molecule has 1 aromatic heterocycles. The number of rotatable bonds is 8. The summed E-state index contributed by atoms with van der Waals surface area (Å²) in [5.41, 5.74) is 20.8. The first-order chi connectivity index (χ1) is 30.2. The van der Waals surface area contributed by atoms with Gasteiger partial charge in [0.05, 0.1) is 0 Å². The van der Waals surface area contributed by atoms with E-state index in [0.29, 0.717) is 0 Å². The molecule has 0 radical (unpaired) electrons. The Morgan fingerprint density at radius 1 is 0.164 bits per heavy atom. The van der Waals surface area contributed by atoms with Gasteiger partial charge in [-0.05, 0) is 162 Å². The molecule has 1 nitrogen and oxygen atoms in total. The van der Waals surface area contributed by atoms with Gasteiger partial charge >= 0.3 is 0 Å². The van der Waals surface area contributed by atoms with Gasteiger partial charge in [-0.2, -0.15) is 0 Å². The topological polar surface area (TPSA) is 13.1 Å². The van der Waals surface area contributed by atoms with Crippen LogP contribution in [-0.4, -0.2) is 0 Å². The van der Waals surface area contributed by atoms with Gasteiger partial charge in [0.1, 0.15) is 11.2 Å². The number of furan rings is 1. The van der Waals surface area contributed by atoms with E-state index < -0.39 is 0 Å². The average Bonchev–Trinajstić information content (AvgIpc) is 3.72. The van der Waals surface area contributed by atoms with Gasteiger partial charge in [-0.3, -0.25) is 0 Å². The molecule has 0 saturated carbocycles. The minimum atomic E-state index is 0.884. The second-order valence-electron chi connectivity index (χ2n) is 15.7. The molecule has 0 aliphatic carbocycles. The van der Waals surface area contributed by atoms with E-state index in [1.165, 1.54) is 66.8 Å². The summed E-state index contributed by atoms with van der Waals surface area (Å²) in [4.78, 5) is 0. The van der Waals surface area contributed by atoms with Crippen molar-refractivity contribution in [1.82, 2.24) is 0 Å². The predicted octanol–water partition coefficient (Wildman–Crippen LogP) is 16.9. The van der Waals surface area contributed by atoms with Crippen LogP contribution in [0.1, 0.15) is 0 Å². The van der Waals surface area contributed by atoms with Crippen molar-refractivity contribution in [2.45, 2.75) is 0 Å². The lowest BCUT2D eigenvalue weighted by molar-refractivity contribution is 0.669. The van der Waals surface area contributed by atoms with Crippen LogP contribution in [0, 0.1) is 0 Å². The summed E-state index contributed by atoms with van der Waals surface area (Å²) < 4.78 is 6.44. The normalized spacial score (nSPS) is 11.3. The first-order valence-electron chi connectivity index (χ1n) is 20.9. The predicted molar refractivity (Wildman–Crippen MR) is 257 cm³/mol. The largest absolute Gasteiger partial charge is 0.456 e. The van der Waals surface area contributed by atoms with Crippen LogP contribution in [0.2, 0.25) is 0 Å². The second kappa shape index (κ2) is 15.6. The van der Waals surface area contributed by atoms with E-state index in [0.717, 1.165) is 44.2 Å². The smallest absolute Gasteiger partial charge is 0.135 e. The minimum Gasteiger partial charge on any atom is -0.456 e. The van der Waals surface area contributed by atoms with Gasteiger partial charge in [-0.15, -0.1) is 0 Å². The van der Waals surface area contributed by atoms with Crippen LogP contribution in [0.25, 0.3) is 111 Å². The monoisotopic (exact) mass is 776 g/mol. The molecule has 61 heavy (non-hydrogen) atoms. The van der Waals surface area contributed by atoms with Gasteiger partial charge in [0.2, 0.25) is 0 Å². The Bertz CT molecular complexity index is 2990. The number of benzene rings is 10. The second-order valence-corrected chi connectivity index (χ2v) is 15.7. The average molecular weight is 777 g/mol. The Hall–Kier alpha value is -8.00. The summed E-state index contributed by atoms with van der Waals surface area (Å²) in [6.45, 7) is 0. The fraction of sp³-hybridized carbons (Fsp3) is 0. The van der Waals surface area contributed by atoms with Crippen LogP contribution >= 0.6 is 0 Å². The summed E-state index contributed by atoms with van der Waals surface area (Å²) in [5.74, 6) is 0. The molecule has 0 aliphatic heterocycles. The Labute approximate surface area is 356 Å². The van der Waals surface area contributed by atoms with Gasteiger partial charge in [0, 0.05) is 10.8 Å².